The van der Waals surface area contributed by atoms with Crippen molar-refractivity contribution in [2.75, 3.05) is 27.7 Å². The highest BCUT2D eigenvalue weighted by Gasteiger charge is 2.49. The number of aliphatic imine (C=N–C) groups is 1. The monoisotopic (exact) mass is 251 g/mol. The van der Waals surface area contributed by atoms with E-state index in [0.29, 0.717) is 0 Å². The second-order valence-corrected chi connectivity index (χ2v) is 5.53. The van der Waals surface area contributed by atoms with Crippen LogP contribution < -0.4 is 5.48 Å². The Balaban J connectivity index is 1.98. The fourth-order valence-corrected chi connectivity index (χ4v) is 3.35. The quantitative estimate of drug-likeness (QED) is 0.600. The van der Waals surface area contributed by atoms with Crippen LogP contribution >= 0.6 is 0 Å². The van der Waals surface area contributed by atoms with Crippen molar-refractivity contribution in [1.82, 2.24) is 10.4 Å². The Labute approximate surface area is 110 Å². The van der Waals surface area contributed by atoms with Gasteiger partial charge in [0, 0.05) is 26.8 Å². The fraction of sp³-hybridized carbons (Fsp3) is 0.786. The first-order valence-electron chi connectivity index (χ1n) is 6.83. The molecule has 1 saturated carbocycles. The molecule has 2 aliphatic rings. The van der Waals surface area contributed by atoms with Crippen LogP contribution in [0.5, 0.6) is 0 Å². The molecule has 2 aliphatic carbocycles. The molecule has 1 N–H and O–H groups in total. The third-order valence-electron chi connectivity index (χ3n) is 4.42. The summed E-state index contributed by atoms with van der Waals surface area (Å²) in [6, 6.07) is 0. The second kappa shape index (κ2) is 5.85. The minimum absolute atomic E-state index is 0.741. The van der Waals surface area contributed by atoms with Gasteiger partial charge in [0.1, 0.15) is 0 Å². The zero-order valence-electron chi connectivity index (χ0n) is 11.8. The van der Waals surface area contributed by atoms with E-state index in [1.807, 2.05) is 7.05 Å². The van der Waals surface area contributed by atoms with E-state index in [4.69, 9.17) is 4.84 Å². The van der Waals surface area contributed by atoms with Gasteiger partial charge < -0.3 is 9.74 Å². The van der Waals surface area contributed by atoms with Crippen LogP contribution in [0.2, 0.25) is 0 Å². The highest BCUT2D eigenvalue weighted by Crippen LogP contribution is 2.54. The highest BCUT2D eigenvalue weighted by molar-refractivity contribution is 5.31. The number of hydrogen-bond acceptors (Lipinski definition) is 4. The summed E-state index contributed by atoms with van der Waals surface area (Å²) in [6.07, 6.45) is 4.68. The predicted octanol–water partition coefficient (Wildman–Crippen LogP) is 2.05. The summed E-state index contributed by atoms with van der Waals surface area (Å²) in [5.41, 5.74) is 5.34. The first-order chi connectivity index (χ1) is 8.69. The average Bonchev–Trinajstić information content (AvgIpc) is 2.97. The second-order valence-electron chi connectivity index (χ2n) is 5.53. The van der Waals surface area contributed by atoms with E-state index >= 15 is 0 Å². The molecule has 0 aromatic rings. The lowest BCUT2D eigenvalue weighted by Crippen LogP contribution is -2.15. The lowest BCUT2D eigenvalue weighted by molar-refractivity contribution is 0.0452. The molecule has 18 heavy (non-hydrogen) atoms. The van der Waals surface area contributed by atoms with E-state index < -0.39 is 0 Å². The molecule has 3 atom stereocenters. The fourth-order valence-electron chi connectivity index (χ4n) is 3.35. The Morgan fingerprint density at radius 2 is 2.00 bits per heavy atom. The van der Waals surface area contributed by atoms with E-state index in [2.05, 4.69) is 36.2 Å². The lowest BCUT2D eigenvalue weighted by Gasteiger charge is -2.21. The van der Waals surface area contributed by atoms with Crippen molar-refractivity contribution >= 4 is 6.72 Å². The summed E-state index contributed by atoms with van der Waals surface area (Å²) < 4.78 is 0. The lowest BCUT2D eigenvalue weighted by atomic mass is 10.0. The Morgan fingerprint density at radius 3 is 2.56 bits per heavy atom. The summed E-state index contributed by atoms with van der Waals surface area (Å²) in [6.45, 7) is 4.57. The van der Waals surface area contributed by atoms with Crippen molar-refractivity contribution in [3.05, 3.63) is 11.4 Å². The van der Waals surface area contributed by atoms with E-state index in [1.165, 1.54) is 24.2 Å². The molecule has 0 amide bonds. The summed E-state index contributed by atoms with van der Waals surface area (Å²) in [7, 11) is 6.04. The molecule has 0 aromatic heterocycles. The molecule has 102 valence electrons. The van der Waals surface area contributed by atoms with Gasteiger partial charge in [0.15, 0.2) is 0 Å². The minimum Gasteiger partial charge on any atom is -0.379 e. The van der Waals surface area contributed by atoms with Gasteiger partial charge in [-0.05, 0) is 50.2 Å². The molecule has 4 nitrogen and oxygen atoms in total. The van der Waals surface area contributed by atoms with Gasteiger partial charge in [0.25, 0.3) is 0 Å². The Hall–Kier alpha value is -0.870. The SMILES string of the molecule is C=N/C1=C(\N(C)C)CCC2C(CC1)C2CONC. The molecule has 3 unspecified atom stereocenters. The number of nitrogens with zero attached hydrogens (tertiary/aromatic N) is 2. The van der Waals surface area contributed by atoms with Gasteiger partial charge in [-0.15, -0.1) is 0 Å². The molecular formula is C14H25N3O. The normalized spacial score (nSPS) is 35.4. The van der Waals surface area contributed by atoms with Gasteiger partial charge in [0.2, 0.25) is 0 Å². The smallest absolute Gasteiger partial charge is 0.0715 e. The van der Waals surface area contributed by atoms with Gasteiger partial charge in [-0.3, -0.25) is 4.99 Å². The molecule has 2 rings (SSSR count). The third kappa shape index (κ3) is 2.75. The van der Waals surface area contributed by atoms with Crippen LogP contribution in [0.3, 0.4) is 0 Å². The first kappa shape index (κ1) is 13.6. The molecule has 0 spiro atoms. The summed E-state index contributed by atoms with van der Waals surface area (Å²) in [5, 5.41) is 0. The van der Waals surface area contributed by atoms with Gasteiger partial charge in [-0.25, -0.2) is 5.48 Å². The molecule has 0 bridgehead atoms. The van der Waals surface area contributed by atoms with Crippen LogP contribution in [-0.4, -0.2) is 39.4 Å². The Bertz CT molecular complexity index is 338. The number of rotatable bonds is 5. The maximum atomic E-state index is 5.35. The zero-order valence-corrected chi connectivity index (χ0v) is 11.8. The van der Waals surface area contributed by atoms with Crippen LogP contribution in [0.1, 0.15) is 25.7 Å². The number of hydroxylamine groups is 1. The average molecular weight is 251 g/mol. The molecule has 0 radical (unpaired) electrons. The maximum absolute atomic E-state index is 5.35. The molecule has 0 aromatic carbocycles. The number of fused-ring (bicyclic) bond motifs is 1. The summed E-state index contributed by atoms with van der Waals surface area (Å²) >= 11 is 0. The molecule has 4 heteroatoms. The first-order valence-corrected chi connectivity index (χ1v) is 6.83. The number of allylic oxidation sites excluding steroid dienone is 2. The Morgan fingerprint density at radius 1 is 1.33 bits per heavy atom. The van der Waals surface area contributed by atoms with E-state index in [1.54, 1.807) is 0 Å². The third-order valence-corrected chi connectivity index (χ3v) is 4.42. The molecule has 0 saturated heterocycles. The largest absolute Gasteiger partial charge is 0.379 e. The van der Waals surface area contributed by atoms with Crippen LogP contribution in [0, 0.1) is 17.8 Å². The zero-order chi connectivity index (χ0) is 13.1. The van der Waals surface area contributed by atoms with E-state index in [-0.39, 0.29) is 0 Å². The van der Waals surface area contributed by atoms with Crippen molar-refractivity contribution < 1.29 is 4.84 Å². The number of nitrogens with one attached hydrogen (secondary N) is 1. The van der Waals surface area contributed by atoms with Crippen LogP contribution in [-0.2, 0) is 4.84 Å². The number of hydrogen-bond donors (Lipinski definition) is 1. The maximum Gasteiger partial charge on any atom is 0.0715 e. The molecule has 0 aliphatic heterocycles. The summed E-state index contributed by atoms with van der Waals surface area (Å²) in [5.74, 6) is 2.42. The molecular weight excluding hydrogens is 226 g/mol. The van der Waals surface area contributed by atoms with Crippen LogP contribution in [0.4, 0.5) is 0 Å². The highest BCUT2D eigenvalue weighted by atomic mass is 16.6. The van der Waals surface area contributed by atoms with E-state index in [0.717, 1.165) is 37.2 Å². The van der Waals surface area contributed by atoms with Crippen molar-refractivity contribution in [3.63, 3.8) is 0 Å². The van der Waals surface area contributed by atoms with Crippen molar-refractivity contribution in [2.24, 2.45) is 22.7 Å². The minimum atomic E-state index is 0.741. The van der Waals surface area contributed by atoms with Crippen LogP contribution in [0.15, 0.2) is 16.4 Å². The van der Waals surface area contributed by atoms with Gasteiger partial charge in [-0.1, -0.05) is 0 Å². The van der Waals surface area contributed by atoms with Gasteiger partial charge in [-0.2, -0.15) is 0 Å². The van der Waals surface area contributed by atoms with Gasteiger partial charge >= 0.3 is 0 Å². The van der Waals surface area contributed by atoms with E-state index in [9.17, 15) is 0 Å². The van der Waals surface area contributed by atoms with Crippen molar-refractivity contribution in [3.8, 4) is 0 Å². The summed E-state index contributed by atoms with van der Waals surface area (Å²) in [4.78, 5) is 11.8. The Kier molecular flexibility index (Phi) is 4.40. The van der Waals surface area contributed by atoms with Gasteiger partial charge in [0.05, 0.1) is 12.3 Å². The van der Waals surface area contributed by atoms with Crippen molar-refractivity contribution in [1.29, 1.82) is 0 Å². The topological polar surface area (TPSA) is 36.9 Å². The standard InChI is InChI=1S/C14H25N3O/c1-15-13-7-5-10-11(12(10)9-18-16-2)6-8-14(13)17(3)4/h10-12,16H,1,5-9H2,2-4H3/b14-13-. The molecule has 1 fully saturated rings. The predicted molar refractivity (Wildman–Crippen MR) is 74.2 cm³/mol. The van der Waals surface area contributed by atoms with Crippen molar-refractivity contribution in [2.45, 2.75) is 25.7 Å². The molecule has 0 heterocycles. The van der Waals surface area contributed by atoms with Crippen LogP contribution in [0.25, 0.3) is 0 Å².